The van der Waals surface area contributed by atoms with Crippen LogP contribution in [0.25, 0.3) is 0 Å². The number of hydrogen-bond acceptors (Lipinski definition) is 1. The van der Waals surface area contributed by atoms with Gasteiger partial charge >= 0.3 is 0 Å². The van der Waals surface area contributed by atoms with Gasteiger partial charge in [0, 0.05) is 5.75 Å². The highest BCUT2D eigenvalue weighted by Gasteiger charge is 1.73. The van der Waals surface area contributed by atoms with Gasteiger partial charge in [-0.05, 0) is 13.8 Å². The van der Waals surface area contributed by atoms with Crippen LogP contribution in [0.15, 0.2) is 11.6 Å². The Balaban J connectivity index is 3.22. The molecule has 0 heterocycles. The quantitative estimate of drug-likeness (QED) is 0.379. The lowest BCUT2D eigenvalue weighted by molar-refractivity contribution is 1.39. The van der Waals surface area contributed by atoms with E-state index < -0.39 is 0 Å². The number of hydrogen-bond donors (Lipinski definition) is 1. The van der Waals surface area contributed by atoms with Crippen LogP contribution in [0.4, 0.5) is 0 Å². The monoisotopic (exact) mass is 102 g/mol. The average molecular weight is 102 g/mol. The van der Waals surface area contributed by atoms with Gasteiger partial charge in [-0.15, -0.1) is 0 Å². The Bertz CT molecular complexity index is 55.0. The lowest BCUT2D eigenvalue weighted by atomic mass is 10.3. The first kappa shape index (κ1) is 6.09. The van der Waals surface area contributed by atoms with Crippen molar-refractivity contribution in [1.29, 1.82) is 0 Å². The van der Waals surface area contributed by atoms with Crippen molar-refractivity contribution in [1.82, 2.24) is 0 Å². The van der Waals surface area contributed by atoms with Gasteiger partial charge in [-0.25, -0.2) is 0 Å². The summed E-state index contributed by atoms with van der Waals surface area (Å²) < 4.78 is 0. The molecule has 0 spiro atoms. The molecule has 1 heteroatoms. The second-order valence-corrected chi connectivity index (χ2v) is 1.61. The SMILES string of the molecule is C/C=C(\C)CS. The summed E-state index contributed by atoms with van der Waals surface area (Å²) in [5.74, 6) is 0.885. The third-order valence-electron chi connectivity index (χ3n) is 0.742. The van der Waals surface area contributed by atoms with Crippen LogP contribution in [0.2, 0.25) is 0 Å². The summed E-state index contributed by atoms with van der Waals surface area (Å²) >= 11 is 4.03. The van der Waals surface area contributed by atoms with Gasteiger partial charge in [-0.1, -0.05) is 11.6 Å². The van der Waals surface area contributed by atoms with Crippen LogP contribution < -0.4 is 0 Å². The van der Waals surface area contributed by atoms with Gasteiger partial charge in [0.05, 0.1) is 0 Å². The number of allylic oxidation sites excluding steroid dienone is 1. The summed E-state index contributed by atoms with van der Waals surface area (Å²) in [5.41, 5.74) is 1.33. The zero-order valence-corrected chi connectivity index (χ0v) is 5.13. The number of thiol groups is 1. The van der Waals surface area contributed by atoms with E-state index in [2.05, 4.69) is 25.6 Å². The molecule has 0 unspecified atom stereocenters. The van der Waals surface area contributed by atoms with E-state index in [1.165, 1.54) is 5.57 Å². The first-order valence-corrected chi connectivity index (χ1v) is 2.67. The van der Waals surface area contributed by atoms with E-state index in [1.54, 1.807) is 0 Å². The fraction of sp³-hybridized carbons (Fsp3) is 0.600. The summed E-state index contributed by atoms with van der Waals surface area (Å²) in [4.78, 5) is 0. The standard InChI is InChI=1S/C5H10S/c1-3-5(2)4-6/h3,6H,4H2,1-2H3/b5-3+. The van der Waals surface area contributed by atoms with Crippen molar-refractivity contribution in [2.45, 2.75) is 13.8 Å². The molecule has 36 valence electrons. The summed E-state index contributed by atoms with van der Waals surface area (Å²) in [6.07, 6.45) is 2.06. The van der Waals surface area contributed by atoms with Crippen molar-refractivity contribution in [2.75, 3.05) is 5.75 Å². The van der Waals surface area contributed by atoms with Gasteiger partial charge in [0.25, 0.3) is 0 Å². The van der Waals surface area contributed by atoms with Gasteiger partial charge in [-0.2, -0.15) is 12.6 Å². The van der Waals surface area contributed by atoms with Crippen LogP contribution in [-0.2, 0) is 0 Å². The van der Waals surface area contributed by atoms with E-state index in [0.717, 1.165) is 5.75 Å². The van der Waals surface area contributed by atoms with Crippen molar-refractivity contribution in [3.8, 4) is 0 Å². The Morgan fingerprint density at radius 2 is 2.33 bits per heavy atom. The topological polar surface area (TPSA) is 0 Å². The molecule has 0 rings (SSSR count). The van der Waals surface area contributed by atoms with Crippen LogP contribution in [0.5, 0.6) is 0 Å². The maximum atomic E-state index is 4.03. The van der Waals surface area contributed by atoms with E-state index in [9.17, 15) is 0 Å². The molecule has 0 aliphatic carbocycles. The second-order valence-electron chi connectivity index (χ2n) is 1.29. The molecular weight excluding hydrogens is 92.1 g/mol. The Labute approximate surface area is 44.7 Å². The molecule has 0 radical (unpaired) electrons. The lowest BCUT2D eigenvalue weighted by Gasteiger charge is -1.84. The molecular formula is C5H10S. The molecule has 0 saturated carbocycles. The zero-order chi connectivity index (χ0) is 4.99. The molecule has 0 nitrogen and oxygen atoms in total. The Kier molecular flexibility index (Phi) is 3.34. The molecule has 0 aromatic heterocycles. The molecule has 0 bridgehead atoms. The van der Waals surface area contributed by atoms with Crippen molar-refractivity contribution in [2.24, 2.45) is 0 Å². The predicted octanol–water partition coefficient (Wildman–Crippen LogP) is 1.88. The minimum Gasteiger partial charge on any atom is -0.175 e. The van der Waals surface area contributed by atoms with Crippen molar-refractivity contribution < 1.29 is 0 Å². The highest BCUT2D eigenvalue weighted by molar-refractivity contribution is 7.80. The van der Waals surface area contributed by atoms with Crippen LogP contribution in [-0.4, -0.2) is 5.75 Å². The van der Waals surface area contributed by atoms with Gasteiger partial charge in [-0.3, -0.25) is 0 Å². The molecule has 0 aromatic rings. The van der Waals surface area contributed by atoms with Crippen LogP contribution in [0.1, 0.15) is 13.8 Å². The predicted molar refractivity (Wildman–Crippen MR) is 33.3 cm³/mol. The molecule has 6 heavy (non-hydrogen) atoms. The Morgan fingerprint density at radius 3 is 2.33 bits per heavy atom. The number of rotatable bonds is 1. The fourth-order valence-electron chi connectivity index (χ4n) is 0.0913. The average Bonchev–Trinajstić information content (AvgIpc) is 1.65. The van der Waals surface area contributed by atoms with Crippen molar-refractivity contribution >= 4 is 12.6 Å². The molecule has 0 amide bonds. The van der Waals surface area contributed by atoms with Gasteiger partial charge < -0.3 is 0 Å². The van der Waals surface area contributed by atoms with Crippen LogP contribution in [0.3, 0.4) is 0 Å². The zero-order valence-electron chi connectivity index (χ0n) is 4.23. The molecule has 0 saturated heterocycles. The first-order valence-electron chi connectivity index (χ1n) is 2.04. The Hall–Kier alpha value is 0.0900. The third kappa shape index (κ3) is 2.33. The van der Waals surface area contributed by atoms with E-state index >= 15 is 0 Å². The van der Waals surface area contributed by atoms with E-state index in [-0.39, 0.29) is 0 Å². The normalized spacial score (nSPS) is 12.2. The molecule has 0 aliphatic heterocycles. The van der Waals surface area contributed by atoms with E-state index in [1.807, 2.05) is 6.92 Å². The molecule has 0 atom stereocenters. The van der Waals surface area contributed by atoms with Crippen molar-refractivity contribution in [3.63, 3.8) is 0 Å². The third-order valence-corrected chi connectivity index (χ3v) is 1.24. The van der Waals surface area contributed by atoms with Gasteiger partial charge in [0.15, 0.2) is 0 Å². The molecule has 0 aliphatic rings. The summed E-state index contributed by atoms with van der Waals surface area (Å²) in [6.45, 7) is 4.08. The largest absolute Gasteiger partial charge is 0.175 e. The maximum Gasteiger partial charge on any atom is 0.0110 e. The lowest BCUT2D eigenvalue weighted by Crippen LogP contribution is -1.70. The van der Waals surface area contributed by atoms with E-state index in [4.69, 9.17) is 0 Å². The van der Waals surface area contributed by atoms with Crippen LogP contribution >= 0.6 is 12.6 Å². The summed E-state index contributed by atoms with van der Waals surface area (Å²) in [5, 5.41) is 0. The second kappa shape index (κ2) is 3.29. The summed E-state index contributed by atoms with van der Waals surface area (Å²) in [6, 6.07) is 0. The van der Waals surface area contributed by atoms with Gasteiger partial charge in [0.1, 0.15) is 0 Å². The van der Waals surface area contributed by atoms with Gasteiger partial charge in [0.2, 0.25) is 0 Å². The summed E-state index contributed by atoms with van der Waals surface area (Å²) in [7, 11) is 0. The molecule has 0 N–H and O–H groups in total. The molecule has 0 fully saturated rings. The minimum absolute atomic E-state index is 0.885. The van der Waals surface area contributed by atoms with Crippen molar-refractivity contribution in [3.05, 3.63) is 11.6 Å². The van der Waals surface area contributed by atoms with E-state index in [0.29, 0.717) is 0 Å². The smallest absolute Gasteiger partial charge is 0.0110 e. The first-order chi connectivity index (χ1) is 2.81. The minimum atomic E-state index is 0.885. The maximum absolute atomic E-state index is 4.03. The fourth-order valence-corrected chi connectivity index (χ4v) is 0.274. The highest BCUT2D eigenvalue weighted by atomic mass is 32.1. The molecule has 0 aromatic carbocycles. The Morgan fingerprint density at radius 1 is 1.83 bits per heavy atom. The van der Waals surface area contributed by atoms with Crippen LogP contribution in [0, 0.1) is 0 Å². The highest BCUT2D eigenvalue weighted by Crippen LogP contribution is 1.91.